The Labute approximate surface area is 103 Å². The lowest BCUT2D eigenvalue weighted by Crippen LogP contribution is -2.54. The molecule has 5 heteroatoms. The van der Waals surface area contributed by atoms with Gasteiger partial charge >= 0.3 is 0 Å². The van der Waals surface area contributed by atoms with E-state index in [4.69, 9.17) is 5.73 Å². The zero-order chi connectivity index (χ0) is 13.1. The molecule has 1 saturated heterocycles. The van der Waals surface area contributed by atoms with Gasteiger partial charge in [0.25, 0.3) is 0 Å². The predicted molar refractivity (Wildman–Crippen MR) is 66.3 cm³/mol. The summed E-state index contributed by atoms with van der Waals surface area (Å²) in [5.74, 6) is -0.275. The second kappa shape index (κ2) is 5.49. The summed E-state index contributed by atoms with van der Waals surface area (Å²) >= 11 is 0. The molecular formula is C12H23N3O2. The molecule has 3 N–H and O–H groups in total. The summed E-state index contributed by atoms with van der Waals surface area (Å²) in [5, 5.41) is 3.17. The van der Waals surface area contributed by atoms with Crippen molar-refractivity contribution in [2.24, 2.45) is 11.1 Å². The zero-order valence-corrected chi connectivity index (χ0v) is 11.0. The van der Waals surface area contributed by atoms with Gasteiger partial charge in [0.15, 0.2) is 0 Å². The number of hydrogen-bond donors (Lipinski definition) is 2. The van der Waals surface area contributed by atoms with E-state index in [-0.39, 0.29) is 17.9 Å². The topological polar surface area (TPSA) is 75.4 Å². The molecule has 0 bridgehead atoms. The highest BCUT2D eigenvalue weighted by atomic mass is 16.2. The average molecular weight is 241 g/mol. The molecule has 0 spiro atoms. The van der Waals surface area contributed by atoms with Crippen LogP contribution in [-0.2, 0) is 9.59 Å². The minimum Gasteiger partial charge on any atom is -0.369 e. The summed E-state index contributed by atoms with van der Waals surface area (Å²) < 4.78 is 0. The Hall–Kier alpha value is -1.10. The number of carbonyl (C=O) groups is 2. The van der Waals surface area contributed by atoms with Crippen molar-refractivity contribution in [1.29, 1.82) is 0 Å². The van der Waals surface area contributed by atoms with E-state index in [1.165, 1.54) is 0 Å². The molecule has 0 aromatic heterocycles. The minimum absolute atomic E-state index is 0.0902. The molecule has 0 aromatic carbocycles. The number of primary amides is 1. The molecule has 17 heavy (non-hydrogen) atoms. The van der Waals surface area contributed by atoms with E-state index in [9.17, 15) is 9.59 Å². The van der Waals surface area contributed by atoms with E-state index in [2.05, 4.69) is 5.32 Å². The van der Waals surface area contributed by atoms with Gasteiger partial charge in [-0.3, -0.25) is 9.59 Å². The molecule has 98 valence electrons. The largest absolute Gasteiger partial charge is 0.369 e. The van der Waals surface area contributed by atoms with Gasteiger partial charge in [-0.25, -0.2) is 0 Å². The van der Waals surface area contributed by atoms with Gasteiger partial charge in [-0.15, -0.1) is 0 Å². The molecule has 1 unspecified atom stereocenters. The Morgan fingerprint density at radius 1 is 1.59 bits per heavy atom. The van der Waals surface area contributed by atoms with Gasteiger partial charge in [-0.1, -0.05) is 6.92 Å². The van der Waals surface area contributed by atoms with Crippen LogP contribution in [0.1, 0.15) is 33.6 Å². The molecule has 1 aliphatic rings. The Kier molecular flexibility index (Phi) is 4.51. The Balaban J connectivity index is 2.65. The SMILES string of the molecule is CCNC1CCCN(CC(C)(C)C(N)=O)C1=O. The van der Waals surface area contributed by atoms with Gasteiger partial charge in [0.05, 0.1) is 11.5 Å². The van der Waals surface area contributed by atoms with Crippen LogP contribution in [0, 0.1) is 5.41 Å². The van der Waals surface area contributed by atoms with Gasteiger partial charge in [0.2, 0.25) is 11.8 Å². The first-order chi connectivity index (χ1) is 7.88. The maximum absolute atomic E-state index is 12.1. The third-order valence-electron chi connectivity index (χ3n) is 3.23. The van der Waals surface area contributed by atoms with Crippen molar-refractivity contribution in [3.63, 3.8) is 0 Å². The number of likely N-dealkylation sites (N-methyl/N-ethyl adjacent to an activating group) is 1. The quantitative estimate of drug-likeness (QED) is 0.716. The number of nitrogens with one attached hydrogen (secondary N) is 1. The summed E-state index contributed by atoms with van der Waals surface area (Å²) in [7, 11) is 0. The second-order valence-corrected chi connectivity index (χ2v) is 5.26. The van der Waals surface area contributed by atoms with Crippen LogP contribution in [0.3, 0.4) is 0 Å². The van der Waals surface area contributed by atoms with Crippen LogP contribution < -0.4 is 11.1 Å². The van der Waals surface area contributed by atoms with Crippen LogP contribution >= 0.6 is 0 Å². The number of rotatable bonds is 5. The molecule has 1 rings (SSSR count). The van der Waals surface area contributed by atoms with E-state index >= 15 is 0 Å². The van der Waals surface area contributed by atoms with E-state index in [0.29, 0.717) is 6.54 Å². The molecule has 5 nitrogen and oxygen atoms in total. The molecule has 0 aliphatic carbocycles. The number of nitrogens with zero attached hydrogens (tertiary/aromatic N) is 1. The first-order valence-electron chi connectivity index (χ1n) is 6.20. The van der Waals surface area contributed by atoms with Crippen molar-refractivity contribution in [3.05, 3.63) is 0 Å². The first kappa shape index (κ1) is 14.0. The fraction of sp³-hybridized carbons (Fsp3) is 0.833. The highest BCUT2D eigenvalue weighted by Crippen LogP contribution is 2.20. The van der Waals surface area contributed by atoms with Gasteiger partial charge in [0.1, 0.15) is 0 Å². The highest BCUT2D eigenvalue weighted by molar-refractivity contribution is 5.84. The van der Waals surface area contributed by atoms with Gasteiger partial charge in [-0.2, -0.15) is 0 Å². The second-order valence-electron chi connectivity index (χ2n) is 5.26. The molecule has 0 radical (unpaired) electrons. The van der Waals surface area contributed by atoms with E-state index in [1.807, 2.05) is 6.92 Å². The number of amides is 2. The molecule has 1 aliphatic heterocycles. The number of nitrogens with two attached hydrogens (primary N) is 1. The first-order valence-corrected chi connectivity index (χ1v) is 6.20. The van der Waals surface area contributed by atoms with Crippen molar-refractivity contribution in [3.8, 4) is 0 Å². The maximum atomic E-state index is 12.1. The van der Waals surface area contributed by atoms with Crippen molar-refractivity contribution in [2.45, 2.75) is 39.7 Å². The number of hydrogen-bond acceptors (Lipinski definition) is 3. The summed E-state index contributed by atoms with van der Waals surface area (Å²) in [6.45, 7) is 7.45. The van der Waals surface area contributed by atoms with E-state index in [0.717, 1.165) is 25.9 Å². The van der Waals surface area contributed by atoms with Gasteiger partial charge < -0.3 is 16.0 Å². The predicted octanol–water partition coefficient (Wildman–Crippen LogP) is 0.0984. The van der Waals surface area contributed by atoms with Crippen LogP contribution in [-0.4, -0.2) is 42.4 Å². The summed E-state index contributed by atoms with van der Waals surface area (Å²) in [5.41, 5.74) is 4.67. The van der Waals surface area contributed by atoms with Gasteiger partial charge in [0, 0.05) is 13.1 Å². The molecule has 1 atom stereocenters. The molecule has 2 amide bonds. The fourth-order valence-electron chi connectivity index (χ4n) is 2.09. The third-order valence-corrected chi connectivity index (χ3v) is 3.23. The zero-order valence-electron chi connectivity index (χ0n) is 11.0. The van der Waals surface area contributed by atoms with E-state index in [1.54, 1.807) is 18.7 Å². The lowest BCUT2D eigenvalue weighted by atomic mass is 9.90. The van der Waals surface area contributed by atoms with Crippen molar-refractivity contribution in [1.82, 2.24) is 10.2 Å². The highest BCUT2D eigenvalue weighted by Gasteiger charge is 2.34. The lowest BCUT2D eigenvalue weighted by molar-refractivity contribution is -0.139. The maximum Gasteiger partial charge on any atom is 0.239 e. The Morgan fingerprint density at radius 2 is 2.24 bits per heavy atom. The summed E-state index contributed by atoms with van der Waals surface area (Å²) in [4.78, 5) is 25.2. The molecule has 0 saturated carbocycles. The van der Waals surface area contributed by atoms with Crippen LogP contribution in [0.25, 0.3) is 0 Å². The van der Waals surface area contributed by atoms with Gasteiger partial charge in [-0.05, 0) is 33.2 Å². The van der Waals surface area contributed by atoms with Crippen LogP contribution in [0.4, 0.5) is 0 Å². The number of likely N-dealkylation sites (tertiary alicyclic amines) is 1. The minimum atomic E-state index is -0.663. The standard InChI is InChI=1S/C12H23N3O2/c1-4-14-9-6-5-7-15(10(9)16)8-12(2,3)11(13)17/h9,14H,4-8H2,1-3H3,(H2,13,17). The van der Waals surface area contributed by atoms with Crippen molar-refractivity contribution in [2.75, 3.05) is 19.6 Å². The third kappa shape index (κ3) is 3.43. The Bertz CT molecular complexity index is 300. The lowest BCUT2D eigenvalue weighted by Gasteiger charge is -2.36. The normalized spacial score (nSPS) is 21.7. The number of piperidine rings is 1. The smallest absolute Gasteiger partial charge is 0.239 e. The summed E-state index contributed by atoms with van der Waals surface area (Å²) in [6, 6.07) is -0.0996. The monoisotopic (exact) mass is 241 g/mol. The Morgan fingerprint density at radius 3 is 2.76 bits per heavy atom. The van der Waals surface area contributed by atoms with Crippen molar-refractivity contribution < 1.29 is 9.59 Å². The summed E-state index contributed by atoms with van der Waals surface area (Å²) in [6.07, 6.45) is 1.85. The molecule has 0 aromatic rings. The average Bonchev–Trinajstić information content (AvgIpc) is 2.24. The fourth-order valence-corrected chi connectivity index (χ4v) is 2.09. The van der Waals surface area contributed by atoms with Crippen LogP contribution in [0.2, 0.25) is 0 Å². The number of carbonyl (C=O) groups excluding carboxylic acids is 2. The molecule has 1 fully saturated rings. The van der Waals surface area contributed by atoms with Crippen LogP contribution in [0.5, 0.6) is 0 Å². The van der Waals surface area contributed by atoms with Crippen LogP contribution in [0.15, 0.2) is 0 Å². The molecule has 1 heterocycles. The molecular weight excluding hydrogens is 218 g/mol. The van der Waals surface area contributed by atoms with E-state index < -0.39 is 5.41 Å². The van der Waals surface area contributed by atoms with Crippen molar-refractivity contribution >= 4 is 11.8 Å².